The van der Waals surface area contributed by atoms with Gasteiger partial charge in [-0.25, -0.2) is 0 Å². The average molecular weight is 220 g/mol. The summed E-state index contributed by atoms with van der Waals surface area (Å²) in [5, 5.41) is 19.6. The van der Waals surface area contributed by atoms with Crippen LogP contribution < -0.4 is 0 Å². The molecule has 0 heterocycles. The first-order valence-electron chi connectivity index (χ1n) is 5.12. The van der Waals surface area contributed by atoms with Gasteiger partial charge in [0.05, 0.1) is 0 Å². The molecular formula is C13H16O3. The molecule has 0 aliphatic carbocycles. The third-order valence-corrected chi connectivity index (χ3v) is 2.62. The van der Waals surface area contributed by atoms with Crippen LogP contribution in [0.3, 0.4) is 0 Å². The molecule has 0 aliphatic rings. The highest BCUT2D eigenvalue weighted by Gasteiger charge is 2.15. The van der Waals surface area contributed by atoms with Crippen molar-refractivity contribution in [2.75, 3.05) is 0 Å². The van der Waals surface area contributed by atoms with E-state index in [9.17, 15) is 15.0 Å². The van der Waals surface area contributed by atoms with Crippen LogP contribution in [-0.2, 0) is 0 Å². The lowest BCUT2D eigenvalue weighted by Gasteiger charge is -2.14. The van der Waals surface area contributed by atoms with Crippen LogP contribution in [0, 0.1) is 0 Å². The summed E-state index contributed by atoms with van der Waals surface area (Å²) in [4.78, 5) is 11.2. The number of phenolic OH excluding ortho intramolecular Hbond substituents is 1. The van der Waals surface area contributed by atoms with E-state index < -0.39 is 6.10 Å². The van der Waals surface area contributed by atoms with Crippen molar-refractivity contribution in [2.24, 2.45) is 0 Å². The van der Waals surface area contributed by atoms with Crippen LogP contribution in [0.4, 0.5) is 0 Å². The number of rotatable bonds is 3. The Morgan fingerprint density at radius 3 is 2.50 bits per heavy atom. The Morgan fingerprint density at radius 1 is 1.38 bits per heavy atom. The molecule has 1 rings (SSSR count). The number of aromatic hydroxyl groups is 1. The second-order valence-corrected chi connectivity index (χ2v) is 3.77. The number of aliphatic hydroxyl groups excluding tert-OH is 1. The van der Waals surface area contributed by atoms with Crippen molar-refractivity contribution in [1.29, 1.82) is 0 Å². The zero-order chi connectivity index (χ0) is 12.3. The molecule has 1 aromatic rings. The Morgan fingerprint density at radius 2 is 2.00 bits per heavy atom. The van der Waals surface area contributed by atoms with Crippen molar-refractivity contribution in [1.82, 2.24) is 0 Å². The maximum Gasteiger partial charge on any atom is 0.159 e. The molecule has 86 valence electrons. The molecule has 0 amide bonds. The number of benzene rings is 1. The largest absolute Gasteiger partial charge is 0.508 e. The molecule has 1 aromatic carbocycles. The van der Waals surface area contributed by atoms with Gasteiger partial charge in [-0.05, 0) is 44.5 Å². The van der Waals surface area contributed by atoms with Crippen molar-refractivity contribution in [3.05, 3.63) is 41.0 Å². The number of carbonyl (C=O) groups excluding carboxylic acids is 1. The molecule has 2 N–H and O–H groups in total. The third kappa shape index (κ3) is 2.49. The van der Waals surface area contributed by atoms with Gasteiger partial charge in [0.15, 0.2) is 5.78 Å². The molecule has 3 heteroatoms. The fourth-order valence-corrected chi connectivity index (χ4v) is 1.40. The van der Waals surface area contributed by atoms with Gasteiger partial charge in [0.25, 0.3) is 0 Å². The second kappa shape index (κ2) is 4.94. The lowest BCUT2D eigenvalue weighted by atomic mass is 9.98. The van der Waals surface area contributed by atoms with Gasteiger partial charge in [0.1, 0.15) is 11.9 Å². The number of hydrogen-bond donors (Lipinski definition) is 2. The predicted octanol–water partition coefficient (Wildman–Crippen LogP) is 2.59. The fourth-order valence-electron chi connectivity index (χ4n) is 1.40. The van der Waals surface area contributed by atoms with Crippen molar-refractivity contribution in [3.8, 4) is 5.75 Å². The van der Waals surface area contributed by atoms with Gasteiger partial charge in [-0.3, -0.25) is 4.79 Å². The standard InChI is InChI=1S/C13H16O3/c1-4-8(2)13(16)11-7-10(9(3)14)5-6-12(11)15/h4-7,13,15-16H,1-3H3. The van der Waals surface area contributed by atoms with Crippen molar-refractivity contribution in [3.63, 3.8) is 0 Å². The van der Waals surface area contributed by atoms with E-state index in [0.29, 0.717) is 11.1 Å². The summed E-state index contributed by atoms with van der Waals surface area (Å²) < 4.78 is 0. The Balaban J connectivity index is 3.22. The zero-order valence-electron chi connectivity index (χ0n) is 9.69. The van der Waals surface area contributed by atoms with Crippen LogP contribution in [0.15, 0.2) is 29.8 Å². The Labute approximate surface area is 95.0 Å². The quantitative estimate of drug-likeness (QED) is 0.608. The van der Waals surface area contributed by atoms with Gasteiger partial charge >= 0.3 is 0 Å². The van der Waals surface area contributed by atoms with Gasteiger partial charge in [-0.1, -0.05) is 6.08 Å². The molecule has 0 spiro atoms. The first-order chi connectivity index (χ1) is 7.47. The minimum absolute atomic E-state index is 0.00120. The monoisotopic (exact) mass is 220 g/mol. The van der Waals surface area contributed by atoms with Gasteiger partial charge in [0, 0.05) is 11.1 Å². The normalized spacial score (nSPS) is 13.6. The summed E-state index contributed by atoms with van der Waals surface area (Å²) in [5.74, 6) is -0.0923. The minimum Gasteiger partial charge on any atom is -0.508 e. The van der Waals surface area contributed by atoms with Crippen molar-refractivity contribution >= 4 is 5.78 Å². The summed E-state index contributed by atoms with van der Waals surface area (Å²) in [7, 11) is 0. The highest BCUT2D eigenvalue weighted by atomic mass is 16.3. The van der Waals surface area contributed by atoms with Crippen LogP contribution in [0.25, 0.3) is 0 Å². The summed E-state index contributed by atoms with van der Waals surface area (Å²) in [6.07, 6.45) is 0.897. The van der Waals surface area contributed by atoms with Gasteiger partial charge < -0.3 is 10.2 Å². The Hall–Kier alpha value is -1.61. The molecule has 0 radical (unpaired) electrons. The number of Topliss-reactive ketones (excluding diaryl/α,β-unsaturated/α-hetero) is 1. The van der Waals surface area contributed by atoms with E-state index in [1.807, 2.05) is 6.92 Å². The summed E-state index contributed by atoms with van der Waals surface area (Å²) in [6.45, 7) is 5.03. The van der Waals surface area contributed by atoms with E-state index in [1.54, 1.807) is 19.1 Å². The maximum atomic E-state index is 11.2. The number of ketones is 1. The topological polar surface area (TPSA) is 57.5 Å². The molecule has 16 heavy (non-hydrogen) atoms. The molecule has 0 aromatic heterocycles. The van der Waals surface area contributed by atoms with Crippen LogP contribution in [0.1, 0.15) is 42.8 Å². The molecule has 0 bridgehead atoms. The molecule has 1 atom stereocenters. The molecule has 1 unspecified atom stereocenters. The minimum atomic E-state index is -0.871. The molecule has 0 aliphatic heterocycles. The molecule has 0 saturated heterocycles. The van der Waals surface area contributed by atoms with E-state index in [2.05, 4.69) is 0 Å². The van der Waals surface area contributed by atoms with E-state index in [0.717, 1.165) is 5.57 Å². The first kappa shape index (κ1) is 12.5. The molecule has 0 fully saturated rings. The van der Waals surface area contributed by atoms with E-state index in [4.69, 9.17) is 0 Å². The van der Waals surface area contributed by atoms with Gasteiger partial charge in [0.2, 0.25) is 0 Å². The number of aliphatic hydroxyl groups is 1. The third-order valence-electron chi connectivity index (χ3n) is 2.62. The predicted molar refractivity (Wildman–Crippen MR) is 62.5 cm³/mol. The fraction of sp³-hybridized carbons (Fsp3) is 0.308. The first-order valence-corrected chi connectivity index (χ1v) is 5.12. The number of hydrogen-bond acceptors (Lipinski definition) is 3. The van der Waals surface area contributed by atoms with E-state index in [1.165, 1.54) is 19.1 Å². The number of phenols is 1. The smallest absolute Gasteiger partial charge is 0.159 e. The van der Waals surface area contributed by atoms with Crippen molar-refractivity contribution in [2.45, 2.75) is 26.9 Å². The molecule has 3 nitrogen and oxygen atoms in total. The van der Waals surface area contributed by atoms with Gasteiger partial charge in [-0.15, -0.1) is 0 Å². The highest BCUT2D eigenvalue weighted by molar-refractivity contribution is 5.94. The maximum absolute atomic E-state index is 11.2. The van der Waals surface area contributed by atoms with Crippen molar-refractivity contribution < 1.29 is 15.0 Å². The van der Waals surface area contributed by atoms with Crippen LogP contribution in [0.5, 0.6) is 5.75 Å². The second-order valence-electron chi connectivity index (χ2n) is 3.77. The zero-order valence-corrected chi connectivity index (χ0v) is 9.69. The molecule has 0 saturated carbocycles. The highest BCUT2D eigenvalue weighted by Crippen LogP contribution is 2.29. The van der Waals surface area contributed by atoms with E-state index >= 15 is 0 Å². The summed E-state index contributed by atoms with van der Waals surface area (Å²) >= 11 is 0. The lowest BCUT2D eigenvalue weighted by Crippen LogP contribution is -2.02. The Bertz CT molecular complexity index is 433. The van der Waals surface area contributed by atoms with Gasteiger partial charge in [-0.2, -0.15) is 0 Å². The van der Waals surface area contributed by atoms with Crippen LogP contribution in [0.2, 0.25) is 0 Å². The number of carbonyl (C=O) groups is 1. The van der Waals surface area contributed by atoms with Crippen LogP contribution in [-0.4, -0.2) is 16.0 Å². The summed E-state index contributed by atoms with van der Waals surface area (Å²) in [6, 6.07) is 4.49. The van der Waals surface area contributed by atoms with Crippen LogP contribution >= 0.6 is 0 Å². The molecular weight excluding hydrogens is 204 g/mol. The number of allylic oxidation sites excluding steroid dienone is 1. The average Bonchev–Trinajstić information content (AvgIpc) is 2.27. The van der Waals surface area contributed by atoms with E-state index in [-0.39, 0.29) is 11.5 Å². The lowest BCUT2D eigenvalue weighted by molar-refractivity contribution is 0.101. The summed E-state index contributed by atoms with van der Waals surface area (Å²) in [5.41, 5.74) is 1.58. The SMILES string of the molecule is CC=C(C)C(O)c1cc(C(C)=O)ccc1O. The Kier molecular flexibility index (Phi) is 3.85.